The van der Waals surface area contributed by atoms with Crippen molar-refractivity contribution in [2.45, 2.75) is 0 Å². The predicted octanol–water partition coefficient (Wildman–Crippen LogP) is 3.23. The second-order valence-electron chi connectivity index (χ2n) is 2.22. The number of fused-ring (bicyclic) bond motifs is 1. The molecule has 1 aromatic heterocycles. The third kappa shape index (κ3) is 0.994. The molecule has 0 aliphatic rings. The van der Waals surface area contributed by atoms with Crippen LogP contribution in [-0.2, 0) is 0 Å². The summed E-state index contributed by atoms with van der Waals surface area (Å²) < 4.78 is 17.6. The van der Waals surface area contributed by atoms with Gasteiger partial charge in [0.1, 0.15) is 17.7 Å². The van der Waals surface area contributed by atoms with Crippen LogP contribution in [0.4, 0.5) is 4.39 Å². The molecule has 2 rings (SSSR count). The summed E-state index contributed by atoms with van der Waals surface area (Å²) in [6.45, 7) is 0. The second-order valence-corrected chi connectivity index (χ2v) is 2.63. The number of hydrogen-bond donors (Lipinski definition) is 0. The smallest absolute Gasteiger partial charge is 0.135 e. The molecule has 0 amide bonds. The first-order valence-electron chi connectivity index (χ1n) is 3.09. The van der Waals surface area contributed by atoms with Gasteiger partial charge in [-0.2, -0.15) is 0 Å². The topological polar surface area (TPSA) is 13.1 Å². The lowest BCUT2D eigenvalue weighted by molar-refractivity contribution is 0.609. The molecule has 0 saturated carbocycles. The van der Waals surface area contributed by atoms with Crippen LogP contribution in [0.25, 0.3) is 11.0 Å². The summed E-state index contributed by atoms with van der Waals surface area (Å²) in [6, 6.07) is 4.24. The van der Waals surface area contributed by atoms with Crippen LogP contribution >= 0.6 is 11.6 Å². The maximum absolute atomic E-state index is 12.6. The van der Waals surface area contributed by atoms with Gasteiger partial charge in [-0.1, -0.05) is 11.6 Å². The van der Waals surface area contributed by atoms with Crippen LogP contribution in [0, 0.1) is 5.82 Å². The van der Waals surface area contributed by atoms with Crippen LogP contribution in [0.3, 0.4) is 0 Å². The highest BCUT2D eigenvalue weighted by Gasteiger charge is 2.03. The van der Waals surface area contributed by atoms with Crippen molar-refractivity contribution in [3.05, 3.63) is 35.3 Å². The van der Waals surface area contributed by atoms with E-state index in [9.17, 15) is 4.39 Å². The van der Waals surface area contributed by atoms with Crippen molar-refractivity contribution in [3.8, 4) is 0 Å². The van der Waals surface area contributed by atoms with Crippen molar-refractivity contribution >= 4 is 22.6 Å². The zero-order valence-electron chi connectivity index (χ0n) is 5.47. The van der Waals surface area contributed by atoms with Crippen LogP contribution in [0.15, 0.2) is 28.9 Å². The molecular weight excluding hydrogens is 167 g/mol. The normalized spacial score (nSPS) is 10.7. The summed E-state index contributed by atoms with van der Waals surface area (Å²) in [5.41, 5.74) is 0.608. The van der Waals surface area contributed by atoms with E-state index in [0.717, 1.165) is 0 Å². The van der Waals surface area contributed by atoms with Gasteiger partial charge in [0.25, 0.3) is 0 Å². The minimum Gasteiger partial charge on any atom is -0.463 e. The summed E-state index contributed by atoms with van der Waals surface area (Å²) in [5.74, 6) is -0.305. The van der Waals surface area contributed by atoms with E-state index in [1.54, 1.807) is 6.07 Å². The lowest BCUT2D eigenvalue weighted by Crippen LogP contribution is -1.70. The van der Waals surface area contributed by atoms with Crippen molar-refractivity contribution < 1.29 is 8.81 Å². The average molecular weight is 171 g/mol. The maximum Gasteiger partial charge on any atom is 0.135 e. The van der Waals surface area contributed by atoms with Gasteiger partial charge in [-0.15, -0.1) is 0 Å². The molecular formula is C8H4ClFO. The molecule has 56 valence electrons. The lowest BCUT2D eigenvalue weighted by atomic mass is 10.2. The second kappa shape index (κ2) is 2.24. The largest absolute Gasteiger partial charge is 0.463 e. The Morgan fingerprint density at radius 2 is 2.18 bits per heavy atom. The first kappa shape index (κ1) is 6.68. The van der Waals surface area contributed by atoms with Crippen LogP contribution in [0.2, 0.25) is 5.02 Å². The average Bonchev–Trinajstić information content (AvgIpc) is 2.33. The molecule has 0 N–H and O–H groups in total. The van der Waals surface area contributed by atoms with Crippen LogP contribution in [-0.4, -0.2) is 0 Å². The fraction of sp³-hybridized carbons (Fsp3) is 0. The van der Waals surface area contributed by atoms with Gasteiger partial charge < -0.3 is 4.42 Å². The van der Waals surface area contributed by atoms with Crippen molar-refractivity contribution in [1.82, 2.24) is 0 Å². The van der Waals surface area contributed by atoms with Crippen LogP contribution < -0.4 is 0 Å². The molecule has 0 spiro atoms. The Balaban J connectivity index is 2.87. The van der Waals surface area contributed by atoms with Crippen molar-refractivity contribution in [1.29, 1.82) is 0 Å². The molecule has 0 unspecified atom stereocenters. The SMILES string of the molecule is Fc1ccc2occ(Cl)c2c1. The molecule has 1 aromatic carbocycles. The van der Waals surface area contributed by atoms with Gasteiger partial charge in [-0.3, -0.25) is 0 Å². The highest BCUT2D eigenvalue weighted by Crippen LogP contribution is 2.25. The Bertz CT molecular complexity index is 394. The summed E-state index contributed by atoms with van der Waals surface area (Å²) in [4.78, 5) is 0. The molecule has 3 heteroatoms. The minimum absolute atomic E-state index is 0.305. The number of rotatable bonds is 0. The molecule has 2 aromatic rings. The lowest BCUT2D eigenvalue weighted by Gasteiger charge is -1.87. The first-order chi connectivity index (χ1) is 5.27. The minimum atomic E-state index is -0.305. The molecule has 0 fully saturated rings. The molecule has 0 saturated heterocycles. The zero-order chi connectivity index (χ0) is 7.84. The summed E-state index contributed by atoms with van der Waals surface area (Å²) >= 11 is 5.68. The first-order valence-corrected chi connectivity index (χ1v) is 3.47. The van der Waals surface area contributed by atoms with Gasteiger partial charge in [0.2, 0.25) is 0 Å². The Kier molecular flexibility index (Phi) is 1.36. The molecule has 0 radical (unpaired) electrons. The van der Waals surface area contributed by atoms with Gasteiger partial charge in [-0.25, -0.2) is 4.39 Å². The summed E-state index contributed by atoms with van der Waals surface area (Å²) in [5, 5.41) is 1.06. The van der Waals surface area contributed by atoms with Crippen LogP contribution in [0.5, 0.6) is 0 Å². The van der Waals surface area contributed by atoms with Gasteiger partial charge >= 0.3 is 0 Å². The van der Waals surface area contributed by atoms with E-state index in [0.29, 0.717) is 16.0 Å². The third-order valence-corrected chi connectivity index (χ3v) is 1.78. The molecule has 0 bridgehead atoms. The number of benzene rings is 1. The fourth-order valence-electron chi connectivity index (χ4n) is 0.970. The third-order valence-electron chi connectivity index (χ3n) is 1.49. The maximum atomic E-state index is 12.6. The highest BCUT2D eigenvalue weighted by atomic mass is 35.5. The van der Waals surface area contributed by atoms with E-state index in [1.807, 2.05) is 0 Å². The quantitative estimate of drug-likeness (QED) is 0.592. The number of furan rings is 1. The highest BCUT2D eigenvalue weighted by molar-refractivity contribution is 6.35. The molecule has 1 heterocycles. The number of halogens is 2. The van der Waals surface area contributed by atoms with Crippen molar-refractivity contribution in [2.24, 2.45) is 0 Å². The Labute approximate surface area is 67.4 Å². The van der Waals surface area contributed by atoms with Gasteiger partial charge in [0.15, 0.2) is 0 Å². The Morgan fingerprint density at radius 1 is 1.36 bits per heavy atom. The molecule has 0 aliphatic heterocycles. The van der Waals surface area contributed by atoms with E-state index in [4.69, 9.17) is 16.0 Å². The fourth-order valence-corrected chi connectivity index (χ4v) is 1.16. The molecule has 0 aliphatic carbocycles. The number of hydrogen-bond acceptors (Lipinski definition) is 1. The summed E-state index contributed by atoms with van der Waals surface area (Å²) in [6.07, 6.45) is 1.39. The zero-order valence-corrected chi connectivity index (χ0v) is 6.23. The van der Waals surface area contributed by atoms with E-state index in [2.05, 4.69) is 0 Å². The van der Waals surface area contributed by atoms with E-state index in [1.165, 1.54) is 18.4 Å². The van der Waals surface area contributed by atoms with E-state index < -0.39 is 0 Å². The Morgan fingerprint density at radius 3 is 3.00 bits per heavy atom. The van der Waals surface area contributed by atoms with Gasteiger partial charge in [0.05, 0.1) is 5.02 Å². The molecule has 11 heavy (non-hydrogen) atoms. The van der Waals surface area contributed by atoms with Crippen LogP contribution in [0.1, 0.15) is 0 Å². The van der Waals surface area contributed by atoms with Gasteiger partial charge in [-0.05, 0) is 18.2 Å². The standard InChI is InChI=1S/C8H4ClFO/c9-7-4-11-8-2-1-5(10)3-6(7)8/h1-4H. The molecule has 0 atom stereocenters. The monoisotopic (exact) mass is 170 g/mol. The molecule has 1 nitrogen and oxygen atoms in total. The summed E-state index contributed by atoms with van der Waals surface area (Å²) in [7, 11) is 0. The van der Waals surface area contributed by atoms with E-state index in [-0.39, 0.29) is 5.82 Å². The Hall–Kier alpha value is -1.02. The van der Waals surface area contributed by atoms with Gasteiger partial charge in [0, 0.05) is 5.39 Å². The van der Waals surface area contributed by atoms with E-state index >= 15 is 0 Å². The van der Waals surface area contributed by atoms with Crippen molar-refractivity contribution in [3.63, 3.8) is 0 Å². The van der Waals surface area contributed by atoms with Crippen molar-refractivity contribution in [2.75, 3.05) is 0 Å². The predicted molar refractivity (Wildman–Crippen MR) is 41.2 cm³/mol.